The van der Waals surface area contributed by atoms with Crippen LogP contribution in [-0.2, 0) is 11.3 Å². The Morgan fingerprint density at radius 2 is 2.00 bits per heavy atom. The van der Waals surface area contributed by atoms with Crippen LogP contribution in [0.3, 0.4) is 0 Å². The first kappa shape index (κ1) is 14.1. The molecular formula is C16H18N2O2. The second-order valence-corrected chi connectivity index (χ2v) is 4.51. The van der Waals surface area contributed by atoms with Gasteiger partial charge in [0.1, 0.15) is 5.75 Å². The summed E-state index contributed by atoms with van der Waals surface area (Å²) in [5, 5.41) is 2.81. The van der Waals surface area contributed by atoms with Gasteiger partial charge in [-0.1, -0.05) is 23.8 Å². The minimum atomic E-state index is -0.0391. The molecule has 1 N–H and O–H groups in total. The average Bonchev–Trinajstić information content (AvgIpc) is 2.48. The van der Waals surface area contributed by atoms with Crippen LogP contribution in [0.2, 0.25) is 0 Å². The van der Waals surface area contributed by atoms with Gasteiger partial charge < -0.3 is 10.1 Å². The van der Waals surface area contributed by atoms with Crippen molar-refractivity contribution in [2.45, 2.75) is 19.9 Å². The fraction of sp³-hybridized carbons (Fsp3) is 0.250. The fourth-order valence-corrected chi connectivity index (χ4v) is 1.68. The summed E-state index contributed by atoms with van der Waals surface area (Å²) < 4.78 is 5.51. The smallest absolute Gasteiger partial charge is 0.223 e. The van der Waals surface area contributed by atoms with Crippen LogP contribution in [0.15, 0.2) is 48.7 Å². The van der Waals surface area contributed by atoms with Crippen molar-refractivity contribution in [1.82, 2.24) is 10.3 Å². The van der Waals surface area contributed by atoms with Crippen LogP contribution in [0.5, 0.6) is 5.75 Å². The number of aromatic nitrogens is 1. The van der Waals surface area contributed by atoms with E-state index in [1.165, 1.54) is 5.56 Å². The van der Waals surface area contributed by atoms with Crippen molar-refractivity contribution in [1.29, 1.82) is 0 Å². The molecule has 0 spiro atoms. The van der Waals surface area contributed by atoms with E-state index in [2.05, 4.69) is 10.3 Å². The fourth-order valence-electron chi connectivity index (χ4n) is 1.68. The van der Waals surface area contributed by atoms with Gasteiger partial charge in [-0.25, -0.2) is 0 Å². The molecule has 1 aromatic carbocycles. The third-order valence-corrected chi connectivity index (χ3v) is 2.81. The molecule has 1 heterocycles. The SMILES string of the molecule is Cc1ccc(OCCC(=O)NCc2ccccn2)cc1. The van der Waals surface area contributed by atoms with Crippen molar-refractivity contribution in [3.05, 3.63) is 59.9 Å². The van der Waals surface area contributed by atoms with E-state index >= 15 is 0 Å². The van der Waals surface area contributed by atoms with Crippen LogP contribution in [-0.4, -0.2) is 17.5 Å². The van der Waals surface area contributed by atoms with Gasteiger partial charge in [-0.3, -0.25) is 9.78 Å². The summed E-state index contributed by atoms with van der Waals surface area (Å²) in [7, 11) is 0. The van der Waals surface area contributed by atoms with Crippen molar-refractivity contribution in [3.63, 3.8) is 0 Å². The first-order valence-electron chi connectivity index (χ1n) is 6.60. The summed E-state index contributed by atoms with van der Waals surface area (Å²) in [6.45, 7) is 2.84. The molecule has 2 rings (SSSR count). The summed E-state index contributed by atoms with van der Waals surface area (Å²) in [6, 6.07) is 13.4. The van der Waals surface area contributed by atoms with Gasteiger partial charge in [0.2, 0.25) is 5.91 Å². The van der Waals surface area contributed by atoms with Crippen molar-refractivity contribution in [3.8, 4) is 5.75 Å². The van der Waals surface area contributed by atoms with Gasteiger partial charge >= 0.3 is 0 Å². The molecule has 0 atom stereocenters. The molecule has 0 saturated carbocycles. The largest absolute Gasteiger partial charge is 0.493 e. The Kier molecular flexibility index (Phi) is 5.12. The number of hydrogen-bond donors (Lipinski definition) is 1. The van der Waals surface area contributed by atoms with Gasteiger partial charge in [-0.05, 0) is 31.2 Å². The number of hydrogen-bond acceptors (Lipinski definition) is 3. The summed E-state index contributed by atoms with van der Waals surface area (Å²) in [5.41, 5.74) is 2.03. The molecule has 1 aromatic heterocycles. The molecule has 1 amide bonds. The lowest BCUT2D eigenvalue weighted by molar-refractivity contribution is -0.121. The summed E-state index contributed by atoms with van der Waals surface area (Å²) in [5.74, 6) is 0.746. The molecule has 0 fully saturated rings. The lowest BCUT2D eigenvalue weighted by Gasteiger charge is -2.07. The minimum Gasteiger partial charge on any atom is -0.493 e. The zero-order valence-electron chi connectivity index (χ0n) is 11.5. The van der Waals surface area contributed by atoms with Gasteiger partial charge in [-0.2, -0.15) is 0 Å². The molecule has 104 valence electrons. The quantitative estimate of drug-likeness (QED) is 0.877. The van der Waals surface area contributed by atoms with Crippen molar-refractivity contribution in [2.24, 2.45) is 0 Å². The number of ether oxygens (including phenoxy) is 1. The number of carbonyl (C=O) groups excluding carboxylic acids is 1. The standard InChI is InChI=1S/C16H18N2O2/c1-13-5-7-15(8-6-13)20-11-9-16(19)18-12-14-4-2-3-10-17-14/h2-8,10H,9,11-12H2,1H3,(H,18,19). The van der Waals surface area contributed by atoms with Crippen molar-refractivity contribution in [2.75, 3.05) is 6.61 Å². The van der Waals surface area contributed by atoms with Gasteiger partial charge in [0.05, 0.1) is 25.3 Å². The molecule has 4 heteroatoms. The van der Waals surface area contributed by atoms with E-state index in [0.717, 1.165) is 11.4 Å². The number of pyridine rings is 1. The van der Waals surface area contributed by atoms with Gasteiger partial charge in [0, 0.05) is 6.20 Å². The van der Waals surface area contributed by atoms with Crippen LogP contribution in [0.1, 0.15) is 17.7 Å². The lowest BCUT2D eigenvalue weighted by Crippen LogP contribution is -2.24. The van der Waals surface area contributed by atoms with E-state index in [1.54, 1.807) is 6.20 Å². The van der Waals surface area contributed by atoms with Crippen molar-refractivity contribution < 1.29 is 9.53 Å². The Labute approximate surface area is 118 Å². The number of benzene rings is 1. The van der Waals surface area contributed by atoms with Gasteiger partial charge in [0.15, 0.2) is 0 Å². The molecule has 4 nitrogen and oxygen atoms in total. The van der Waals surface area contributed by atoms with E-state index in [-0.39, 0.29) is 5.91 Å². The number of nitrogens with one attached hydrogen (secondary N) is 1. The summed E-state index contributed by atoms with van der Waals surface area (Å²) in [6.07, 6.45) is 2.04. The Morgan fingerprint density at radius 1 is 1.20 bits per heavy atom. The zero-order valence-corrected chi connectivity index (χ0v) is 11.5. The second-order valence-electron chi connectivity index (χ2n) is 4.51. The lowest BCUT2D eigenvalue weighted by atomic mass is 10.2. The van der Waals surface area contributed by atoms with Crippen molar-refractivity contribution >= 4 is 5.91 Å². The third-order valence-electron chi connectivity index (χ3n) is 2.81. The maximum absolute atomic E-state index is 11.6. The van der Waals surface area contributed by atoms with E-state index in [1.807, 2.05) is 49.4 Å². The normalized spacial score (nSPS) is 10.1. The van der Waals surface area contributed by atoms with Crippen LogP contribution in [0, 0.1) is 6.92 Å². The Balaban J connectivity index is 1.66. The molecule has 0 radical (unpaired) electrons. The molecule has 0 aliphatic carbocycles. The number of aryl methyl sites for hydroxylation is 1. The molecule has 0 bridgehead atoms. The first-order valence-corrected chi connectivity index (χ1v) is 6.60. The van der Waals surface area contributed by atoms with Crippen LogP contribution in [0.25, 0.3) is 0 Å². The second kappa shape index (κ2) is 7.28. The monoisotopic (exact) mass is 270 g/mol. The molecule has 0 aliphatic heterocycles. The molecule has 0 unspecified atom stereocenters. The maximum atomic E-state index is 11.6. The first-order chi connectivity index (χ1) is 9.74. The Hall–Kier alpha value is -2.36. The van der Waals surface area contributed by atoms with E-state index in [4.69, 9.17) is 4.74 Å². The van der Waals surface area contributed by atoms with E-state index in [0.29, 0.717) is 19.6 Å². The molecular weight excluding hydrogens is 252 g/mol. The highest BCUT2D eigenvalue weighted by Gasteiger charge is 2.02. The Bertz CT molecular complexity index is 538. The summed E-state index contributed by atoms with van der Waals surface area (Å²) in [4.78, 5) is 15.8. The van der Waals surface area contributed by atoms with Crippen LogP contribution >= 0.6 is 0 Å². The number of carbonyl (C=O) groups is 1. The van der Waals surface area contributed by atoms with Gasteiger partial charge in [0.25, 0.3) is 0 Å². The molecule has 2 aromatic rings. The predicted octanol–water partition coefficient (Wildman–Crippen LogP) is 2.48. The molecule has 0 aliphatic rings. The van der Waals surface area contributed by atoms with E-state index in [9.17, 15) is 4.79 Å². The number of nitrogens with zero attached hydrogens (tertiary/aromatic N) is 1. The Morgan fingerprint density at radius 3 is 2.70 bits per heavy atom. The zero-order chi connectivity index (χ0) is 14.2. The predicted molar refractivity (Wildman–Crippen MR) is 77.4 cm³/mol. The topological polar surface area (TPSA) is 51.2 Å². The average molecular weight is 270 g/mol. The summed E-state index contributed by atoms with van der Waals surface area (Å²) >= 11 is 0. The highest BCUT2D eigenvalue weighted by Crippen LogP contribution is 2.11. The minimum absolute atomic E-state index is 0.0391. The highest BCUT2D eigenvalue weighted by atomic mass is 16.5. The van der Waals surface area contributed by atoms with Crippen LogP contribution in [0.4, 0.5) is 0 Å². The number of rotatable bonds is 6. The van der Waals surface area contributed by atoms with E-state index < -0.39 is 0 Å². The van der Waals surface area contributed by atoms with Crippen LogP contribution < -0.4 is 10.1 Å². The molecule has 0 saturated heterocycles. The number of amides is 1. The third kappa shape index (κ3) is 4.72. The maximum Gasteiger partial charge on any atom is 0.223 e. The van der Waals surface area contributed by atoms with Gasteiger partial charge in [-0.15, -0.1) is 0 Å². The molecule has 20 heavy (non-hydrogen) atoms. The highest BCUT2D eigenvalue weighted by molar-refractivity contribution is 5.75.